The molecule has 7 nitrogen and oxygen atoms in total. The van der Waals surface area contributed by atoms with Crippen LogP contribution in [0.15, 0.2) is 11.6 Å². The first-order valence-corrected chi connectivity index (χ1v) is 16.4. The van der Waals surface area contributed by atoms with E-state index in [-0.39, 0.29) is 52.7 Å². The summed E-state index contributed by atoms with van der Waals surface area (Å²) in [5, 5.41) is 13.6. The summed E-state index contributed by atoms with van der Waals surface area (Å²) in [7, 11) is 1.93. The van der Waals surface area contributed by atoms with E-state index >= 15 is 0 Å². The number of fused-ring (bicyclic) bond motifs is 3. The first kappa shape index (κ1) is 31.0. The molecule has 41 heavy (non-hydrogen) atoms. The maximum Gasteiger partial charge on any atom is 0.307 e. The van der Waals surface area contributed by atoms with Crippen LogP contribution in [0.2, 0.25) is 0 Å². The monoisotopic (exact) mass is 573 g/mol. The summed E-state index contributed by atoms with van der Waals surface area (Å²) >= 11 is 0. The van der Waals surface area contributed by atoms with Crippen LogP contribution in [0.1, 0.15) is 86.0 Å². The third-order valence-electron chi connectivity index (χ3n) is 11.2. The van der Waals surface area contributed by atoms with Crippen molar-refractivity contribution in [2.75, 3.05) is 33.4 Å². The minimum atomic E-state index is -0.597. The highest BCUT2D eigenvalue weighted by Gasteiger charge is 2.63. The number of carbonyl (C=O) groups excluding carboxylic acids is 1. The lowest BCUT2D eigenvalue weighted by Crippen LogP contribution is -2.64. The highest BCUT2D eigenvalue weighted by Crippen LogP contribution is 2.65. The average Bonchev–Trinajstić information content (AvgIpc) is 2.87. The molecule has 0 radical (unpaired) electrons. The summed E-state index contributed by atoms with van der Waals surface area (Å²) in [6, 6.07) is 0. The molecule has 2 bridgehead atoms. The van der Waals surface area contributed by atoms with Crippen molar-refractivity contribution in [3.05, 3.63) is 11.6 Å². The maximum absolute atomic E-state index is 13.2. The van der Waals surface area contributed by atoms with E-state index in [1.54, 1.807) is 0 Å². The fraction of sp³-hybridized carbons (Fsp3) is 0.882. The lowest BCUT2D eigenvalue weighted by molar-refractivity contribution is -0.225. The number of rotatable bonds is 9. The van der Waals surface area contributed by atoms with Gasteiger partial charge in [-0.3, -0.25) is 9.59 Å². The van der Waals surface area contributed by atoms with Crippen LogP contribution >= 0.6 is 0 Å². The van der Waals surface area contributed by atoms with Crippen molar-refractivity contribution in [3.8, 4) is 0 Å². The van der Waals surface area contributed by atoms with Gasteiger partial charge >= 0.3 is 11.9 Å². The minimum Gasteiger partial charge on any atom is -0.481 e. The molecule has 0 aromatic rings. The van der Waals surface area contributed by atoms with Crippen LogP contribution in [-0.2, 0) is 23.8 Å². The zero-order valence-electron chi connectivity index (χ0n) is 26.3. The van der Waals surface area contributed by atoms with E-state index in [9.17, 15) is 14.7 Å². The number of carbonyl (C=O) groups is 2. The molecule has 3 saturated carbocycles. The predicted octanol–water partition coefficient (Wildman–Crippen LogP) is 5.72. The predicted molar refractivity (Wildman–Crippen MR) is 158 cm³/mol. The van der Waals surface area contributed by atoms with E-state index in [2.05, 4.69) is 46.0 Å². The Kier molecular flexibility index (Phi) is 9.28. The SMILES string of the molecule is CNCCO[C@@H]1C2COC[C@]3(C[C@H]1OC(=O)CC(C)(C)C)C1=CCC4C(CCC(CC(C)C)C4C(=O)O)C1CCC23. The minimum absolute atomic E-state index is 0.139. The van der Waals surface area contributed by atoms with Crippen LogP contribution in [0.25, 0.3) is 0 Å². The van der Waals surface area contributed by atoms with E-state index < -0.39 is 5.97 Å². The molecule has 4 fully saturated rings. The third kappa shape index (κ3) is 6.15. The van der Waals surface area contributed by atoms with Gasteiger partial charge in [-0.1, -0.05) is 46.3 Å². The van der Waals surface area contributed by atoms with Gasteiger partial charge in [-0.05, 0) is 92.9 Å². The van der Waals surface area contributed by atoms with Crippen LogP contribution < -0.4 is 5.32 Å². The number of aliphatic carboxylic acids is 1. The van der Waals surface area contributed by atoms with Crippen LogP contribution in [0.3, 0.4) is 0 Å². The zero-order chi connectivity index (χ0) is 29.5. The molecule has 0 spiro atoms. The average molecular weight is 574 g/mol. The van der Waals surface area contributed by atoms with Gasteiger partial charge in [0.2, 0.25) is 0 Å². The Bertz CT molecular complexity index is 986. The van der Waals surface area contributed by atoms with Gasteiger partial charge in [0.05, 0.1) is 38.3 Å². The standard InChI is InChI=1S/C34H55NO6/c1-20(2)15-21-7-8-22-23-9-11-27-25-18-39-19-34(27,26(23)12-10-24(22)30(21)32(37)38)16-28(31(25)40-14-13-35-6)41-29(36)17-33(3,4)5/h12,20-25,27-28,30-31,35H,7-11,13-19H2,1-6H3,(H,37,38)/t21?,22?,23?,24?,25?,27?,28-,30?,31-,34-/m1/s1. The zero-order valence-corrected chi connectivity index (χ0v) is 26.3. The first-order valence-electron chi connectivity index (χ1n) is 16.4. The summed E-state index contributed by atoms with van der Waals surface area (Å²) in [6.45, 7) is 13.3. The lowest BCUT2D eigenvalue weighted by Gasteiger charge is -2.63. The van der Waals surface area contributed by atoms with Crippen LogP contribution in [0.5, 0.6) is 0 Å². The van der Waals surface area contributed by atoms with Gasteiger partial charge in [-0.2, -0.15) is 0 Å². The Morgan fingerprint density at radius 2 is 1.93 bits per heavy atom. The number of hydrogen-bond donors (Lipinski definition) is 2. The van der Waals surface area contributed by atoms with Crippen molar-refractivity contribution < 1.29 is 28.9 Å². The molecule has 0 aromatic heterocycles. The van der Waals surface area contributed by atoms with Crippen LogP contribution in [0.4, 0.5) is 0 Å². The van der Waals surface area contributed by atoms with Crippen molar-refractivity contribution >= 4 is 11.9 Å². The number of nitrogens with one attached hydrogen (secondary N) is 1. The van der Waals surface area contributed by atoms with E-state index in [0.717, 1.165) is 51.5 Å². The Hall–Kier alpha value is -1.44. The van der Waals surface area contributed by atoms with Gasteiger partial charge in [0.1, 0.15) is 6.10 Å². The van der Waals surface area contributed by atoms with E-state index in [4.69, 9.17) is 14.2 Å². The number of esters is 1. The summed E-state index contributed by atoms with van der Waals surface area (Å²) in [5.74, 6) is 1.48. The second kappa shape index (κ2) is 12.3. The topological polar surface area (TPSA) is 94.1 Å². The summed E-state index contributed by atoms with van der Waals surface area (Å²) in [5.41, 5.74) is 1.21. The first-order chi connectivity index (χ1) is 19.4. The summed E-state index contributed by atoms with van der Waals surface area (Å²) in [6.07, 6.45) is 9.32. The molecule has 5 aliphatic rings. The fourth-order valence-electron chi connectivity index (χ4n) is 9.92. The smallest absolute Gasteiger partial charge is 0.307 e. The molecular weight excluding hydrogens is 518 g/mol. The van der Waals surface area contributed by atoms with E-state index in [1.165, 1.54) is 5.57 Å². The number of carboxylic acids is 1. The Labute approximate surface area is 247 Å². The van der Waals surface area contributed by atoms with Crippen molar-refractivity contribution in [3.63, 3.8) is 0 Å². The van der Waals surface area contributed by atoms with Gasteiger partial charge in [0, 0.05) is 17.9 Å². The molecule has 232 valence electrons. The normalized spacial score (nSPS) is 40.2. The van der Waals surface area contributed by atoms with Gasteiger partial charge < -0.3 is 24.6 Å². The highest BCUT2D eigenvalue weighted by molar-refractivity contribution is 5.71. The number of ether oxygens (including phenoxy) is 3. The molecular formula is C34H55NO6. The highest BCUT2D eigenvalue weighted by atomic mass is 16.6. The largest absolute Gasteiger partial charge is 0.481 e. The second-order valence-electron chi connectivity index (χ2n) is 15.6. The molecule has 5 rings (SSSR count). The summed E-state index contributed by atoms with van der Waals surface area (Å²) in [4.78, 5) is 25.8. The van der Waals surface area contributed by atoms with Gasteiger partial charge in [-0.15, -0.1) is 0 Å². The number of carboxylic acid groups (broad SMARTS) is 1. The molecule has 10 atom stereocenters. The number of hydrogen-bond acceptors (Lipinski definition) is 6. The molecule has 0 aromatic carbocycles. The summed E-state index contributed by atoms with van der Waals surface area (Å²) < 4.78 is 19.2. The molecule has 1 aliphatic heterocycles. The lowest BCUT2D eigenvalue weighted by atomic mass is 9.45. The molecule has 1 heterocycles. The van der Waals surface area contributed by atoms with Gasteiger partial charge in [-0.25, -0.2) is 0 Å². The molecule has 4 aliphatic carbocycles. The number of likely N-dealkylation sites (N-methyl/N-ethyl adjacent to an activating group) is 1. The molecule has 7 unspecified atom stereocenters. The fourth-order valence-corrected chi connectivity index (χ4v) is 9.92. The Balaban J connectivity index is 1.45. The van der Waals surface area contributed by atoms with Crippen LogP contribution in [0, 0.1) is 58.2 Å². The second-order valence-corrected chi connectivity index (χ2v) is 15.6. The number of allylic oxidation sites excluding steroid dienone is 1. The molecule has 1 saturated heterocycles. The van der Waals surface area contributed by atoms with E-state index in [1.807, 2.05) is 7.05 Å². The third-order valence-corrected chi connectivity index (χ3v) is 11.2. The maximum atomic E-state index is 13.2. The molecule has 2 N–H and O–H groups in total. The van der Waals surface area contributed by atoms with Gasteiger partial charge in [0.15, 0.2) is 0 Å². The van der Waals surface area contributed by atoms with Crippen LogP contribution in [-0.4, -0.2) is 62.7 Å². The van der Waals surface area contributed by atoms with Crippen molar-refractivity contribution in [2.24, 2.45) is 58.2 Å². The molecule has 7 heteroatoms. The van der Waals surface area contributed by atoms with Gasteiger partial charge in [0.25, 0.3) is 0 Å². The Morgan fingerprint density at radius 1 is 1.15 bits per heavy atom. The molecule has 0 amide bonds. The van der Waals surface area contributed by atoms with Crippen molar-refractivity contribution in [1.29, 1.82) is 0 Å². The van der Waals surface area contributed by atoms with E-state index in [0.29, 0.717) is 49.9 Å². The Morgan fingerprint density at radius 3 is 2.61 bits per heavy atom. The van der Waals surface area contributed by atoms with Crippen molar-refractivity contribution in [1.82, 2.24) is 5.32 Å². The van der Waals surface area contributed by atoms with Crippen molar-refractivity contribution in [2.45, 2.75) is 98.2 Å². The quantitative estimate of drug-likeness (QED) is 0.207.